The largest absolute Gasteiger partial charge is 0.379 e. The number of hydrogen-bond donors (Lipinski definition) is 1. The molecule has 0 radical (unpaired) electrons. The van der Waals surface area contributed by atoms with Gasteiger partial charge in [-0.05, 0) is 36.8 Å². The topological polar surface area (TPSA) is 88.6 Å². The van der Waals surface area contributed by atoms with Gasteiger partial charge < -0.3 is 10.1 Å². The van der Waals surface area contributed by atoms with Crippen LogP contribution in [0.25, 0.3) is 0 Å². The summed E-state index contributed by atoms with van der Waals surface area (Å²) in [6.07, 6.45) is 1.32. The molecule has 1 aromatic carbocycles. The maximum absolute atomic E-state index is 12.6. The van der Waals surface area contributed by atoms with Crippen molar-refractivity contribution in [2.24, 2.45) is 0 Å². The van der Waals surface area contributed by atoms with Crippen LogP contribution < -0.4 is 5.32 Å². The Bertz CT molecular complexity index is 997. The van der Waals surface area contributed by atoms with E-state index in [2.05, 4.69) is 10.3 Å². The van der Waals surface area contributed by atoms with E-state index < -0.39 is 10.0 Å². The molecular weight excluding hydrogens is 469 g/mol. The average Bonchev–Trinajstić information content (AvgIpc) is 2.73. The molecule has 2 aromatic rings. The zero-order valence-corrected chi connectivity index (χ0v) is 19.3. The van der Waals surface area contributed by atoms with Crippen molar-refractivity contribution in [3.63, 3.8) is 0 Å². The second-order valence-electron chi connectivity index (χ2n) is 6.59. The first-order valence-corrected chi connectivity index (χ1v) is 12.4. The second kappa shape index (κ2) is 10.3. The molecule has 1 N–H and O–H groups in total. The monoisotopic (exact) mass is 489 g/mol. The summed E-state index contributed by atoms with van der Waals surface area (Å²) >= 11 is 13.3. The Morgan fingerprint density at radius 1 is 1.27 bits per heavy atom. The highest BCUT2D eigenvalue weighted by molar-refractivity contribution is 7.99. The number of aromatic nitrogens is 1. The molecular formula is C19H21Cl2N3O4S2. The van der Waals surface area contributed by atoms with Gasteiger partial charge >= 0.3 is 0 Å². The predicted octanol–water partition coefficient (Wildman–Crippen LogP) is 3.38. The van der Waals surface area contributed by atoms with Crippen molar-refractivity contribution in [2.45, 2.75) is 22.9 Å². The van der Waals surface area contributed by atoms with Gasteiger partial charge in [0.1, 0.15) is 4.90 Å². The van der Waals surface area contributed by atoms with Crippen LogP contribution in [0.4, 0.5) is 0 Å². The van der Waals surface area contributed by atoms with Gasteiger partial charge in [0.05, 0.1) is 30.0 Å². The van der Waals surface area contributed by atoms with E-state index in [1.807, 2.05) is 6.92 Å². The number of sulfonamides is 1. The standard InChI is InChI=1S/C19H21Cl2N3O4S2/c1-13(16-4-2-14(20)10-17(16)21)23-18(25)12-29-19-5-3-15(11-22-19)30(26,27)24-6-8-28-9-7-24/h2-5,10-11,13H,6-9,12H2,1H3,(H,23,25)/t13-/m1/s1. The molecule has 0 aliphatic carbocycles. The lowest BCUT2D eigenvalue weighted by Crippen LogP contribution is -2.40. The predicted molar refractivity (Wildman–Crippen MR) is 118 cm³/mol. The van der Waals surface area contributed by atoms with E-state index in [0.29, 0.717) is 41.4 Å². The van der Waals surface area contributed by atoms with Gasteiger partial charge in [-0.1, -0.05) is 41.0 Å². The van der Waals surface area contributed by atoms with Crippen molar-refractivity contribution in [2.75, 3.05) is 32.1 Å². The van der Waals surface area contributed by atoms with Crippen LogP contribution in [0.5, 0.6) is 0 Å². The summed E-state index contributed by atoms with van der Waals surface area (Å²) < 4.78 is 31.8. The van der Waals surface area contributed by atoms with E-state index in [0.717, 1.165) is 5.56 Å². The summed E-state index contributed by atoms with van der Waals surface area (Å²) in [4.78, 5) is 16.6. The number of carbonyl (C=O) groups excluding carboxylic acids is 1. The summed E-state index contributed by atoms with van der Waals surface area (Å²) in [6.45, 7) is 3.26. The van der Waals surface area contributed by atoms with Gasteiger partial charge in [0.2, 0.25) is 15.9 Å². The van der Waals surface area contributed by atoms with Crippen molar-refractivity contribution in [3.8, 4) is 0 Å². The highest BCUT2D eigenvalue weighted by atomic mass is 35.5. The van der Waals surface area contributed by atoms with E-state index in [-0.39, 0.29) is 22.6 Å². The number of halogens is 2. The maximum atomic E-state index is 12.6. The summed E-state index contributed by atoms with van der Waals surface area (Å²) in [5.41, 5.74) is 0.773. The van der Waals surface area contributed by atoms with E-state index in [4.69, 9.17) is 27.9 Å². The number of morpholine rings is 1. The third-order valence-corrected chi connectivity index (χ3v) is 7.86. The van der Waals surface area contributed by atoms with Crippen LogP contribution in [0.1, 0.15) is 18.5 Å². The Balaban J connectivity index is 1.55. The molecule has 2 heterocycles. The van der Waals surface area contributed by atoms with Gasteiger partial charge in [-0.15, -0.1) is 0 Å². The lowest BCUT2D eigenvalue weighted by molar-refractivity contribution is -0.119. The van der Waals surface area contributed by atoms with Gasteiger partial charge in [0.15, 0.2) is 0 Å². The zero-order valence-electron chi connectivity index (χ0n) is 16.2. The van der Waals surface area contributed by atoms with E-state index in [1.54, 1.807) is 24.3 Å². The molecule has 0 unspecified atom stereocenters. The smallest absolute Gasteiger partial charge is 0.244 e. The molecule has 11 heteroatoms. The molecule has 1 aromatic heterocycles. The second-order valence-corrected chi connectivity index (χ2v) is 10.4. The number of nitrogens with one attached hydrogen (secondary N) is 1. The fourth-order valence-electron chi connectivity index (χ4n) is 2.89. The first kappa shape index (κ1) is 23.3. The van der Waals surface area contributed by atoms with Crippen molar-refractivity contribution < 1.29 is 17.9 Å². The number of benzene rings is 1. The van der Waals surface area contributed by atoms with Gasteiger partial charge in [-0.25, -0.2) is 13.4 Å². The summed E-state index contributed by atoms with van der Waals surface area (Å²) in [5, 5.41) is 4.45. The first-order chi connectivity index (χ1) is 14.3. The minimum Gasteiger partial charge on any atom is -0.379 e. The molecule has 1 saturated heterocycles. The third-order valence-electron chi connectivity index (χ3n) is 4.47. The molecule has 0 saturated carbocycles. The number of rotatable bonds is 7. The number of nitrogens with zero attached hydrogens (tertiary/aromatic N) is 2. The minimum absolute atomic E-state index is 0.129. The number of pyridine rings is 1. The molecule has 1 aliphatic heterocycles. The molecule has 1 amide bonds. The molecule has 1 aliphatic rings. The number of thioether (sulfide) groups is 1. The molecule has 30 heavy (non-hydrogen) atoms. The van der Waals surface area contributed by atoms with Gasteiger partial charge in [-0.2, -0.15) is 4.31 Å². The van der Waals surface area contributed by atoms with Crippen molar-refractivity contribution in [1.29, 1.82) is 0 Å². The van der Waals surface area contributed by atoms with E-state index >= 15 is 0 Å². The molecule has 1 fully saturated rings. The van der Waals surface area contributed by atoms with E-state index in [1.165, 1.54) is 28.3 Å². The Hall–Kier alpha value is -1.36. The Kier molecular flexibility index (Phi) is 8.00. The van der Waals surface area contributed by atoms with Crippen molar-refractivity contribution in [3.05, 3.63) is 52.1 Å². The van der Waals surface area contributed by atoms with Crippen LogP contribution in [-0.4, -0.2) is 55.7 Å². The molecule has 1 atom stereocenters. The number of ether oxygens (including phenoxy) is 1. The first-order valence-electron chi connectivity index (χ1n) is 9.18. The lowest BCUT2D eigenvalue weighted by Gasteiger charge is -2.25. The Morgan fingerprint density at radius 2 is 2.00 bits per heavy atom. The van der Waals surface area contributed by atoms with Crippen molar-refractivity contribution >= 4 is 50.9 Å². The highest BCUT2D eigenvalue weighted by Crippen LogP contribution is 2.26. The van der Waals surface area contributed by atoms with Gasteiger partial charge in [0, 0.05) is 29.3 Å². The Labute approximate surface area is 190 Å². The quantitative estimate of drug-likeness (QED) is 0.599. The van der Waals surface area contributed by atoms with Crippen LogP contribution in [0.2, 0.25) is 10.0 Å². The van der Waals surface area contributed by atoms with Gasteiger partial charge in [0.25, 0.3) is 0 Å². The fourth-order valence-corrected chi connectivity index (χ4v) is 5.47. The number of hydrogen-bond acceptors (Lipinski definition) is 6. The highest BCUT2D eigenvalue weighted by Gasteiger charge is 2.26. The number of amides is 1. The summed E-state index contributed by atoms with van der Waals surface area (Å²) in [7, 11) is -3.58. The van der Waals surface area contributed by atoms with Crippen LogP contribution in [-0.2, 0) is 19.6 Å². The Morgan fingerprint density at radius 3 is 2.63 bits per heavy atom. The number of carbonyl (C=O) groups is 1. The van der Waals surface area contributed by atoms with Crippen LogP contribution in [0.15, 0.2) is 46.5 Å². The lowest BCUT2D eigenvalue weighted by atomic mass is 10.1. The maximum Gasteiger partial charge on any atom is 0.244 e. The minimum atomic E-state index is -3.58. The summed E-state index contributed by atoms with van der Waals surface area (Å²) in [6, 6.07) is 7.96. The summed E-state index contributed by atoms with van der Waals surface area (Å²) in [5.74, 6) is -0.0525. The third kappa shape index (κ3) is 5.87. The molecule has 162 valence electrons. The molecule has 0 spiro atoms. The van der Waals surface area contributed by atoms with E-state index in [9.17, 15) is 13.2 Å². The molecule has 0 bridgehead atoms. The van der Waals surface area contributed by atoms with Crippen LogP contribution >= 0.6 is 35.0 Å². The fraction of sp³-hybridized carbons (Fsp3) is 0.368. The molecule has 3 rings (SSSR count). The van der Waals surface area contributed by atoms with Crippen LogP contribution in [0.3, 0.4) is 0 Å². The molecule has 7 nitrogen and oxygen atoms in total. The zero-order chi connectivity index (χ0) is 21.7. The SMILES string of the molecule is C[C@@H](NC(=O)CSc1ccc(S(=O)(=O)N2CCOCC2)cn1)c1ccc(Cl)cc1Cl. The normalized spacial score (nSPS) is 16.2. The van der Waals surface area contributed by atoms with Gasteiger partial charge in [-0.3, -0.25) is 4.79 Å². The van der Waals surface area contributed by atoms with Crippen molar-refractivity contribution in [1.82, 2.24) is 14.6 Å². The average molecular weight is 490 g/mol. The van der Waals surface area contributed by atoms with Crippen LogP contribution in [0, 0.1) is 0 Å².